The highest BCUT2D eigenvalue weighted by molar-refractivity contribution is 7.26. The van der Waals surface area contributed by atoms with Gasteiger partial charge in [0.2, 0.25) is 0 Å². The average molecular weight is 786 g/mol. The molecule has 0 N–H and O–H groups in total. The Labute approximate surface area is 353 Å². The van der Waals surface area contributed by atoms with Gasteiger partial charge in [0.05, 0.1) is 5.69 Å². The number of hydrogen-bond donors (Lipinski definition) is 0. The van der Waals surface area contributed by atoms with Crippen LogP contribution in [0.2, 0.25) is 0 Å². The average Bonchev–Trinajstić information content (AvgIpc) is 3.94. The molecule has 11 aromatic rings. The minimum atomic E-state index is -0.152. The summed E-state index contributed by atoms with van der Waals surface area (Å²) in [4.78, 5) is 2.49. The van der Waals surface area contributed by atoms with Crippen molar-refractivity contribution in [2.45, 2.75) is 19.3 Å². The van der Waals surface area contributed by atoms with E-state index in [4.69, 9.17) is 4.42 Å². The van der Waals surface area contributed by atoms with Crippen molar-refractivity contribution in [3.05, 3.63) is 211 Å². The molecule has 2 aromatic heterocycles. The van der Waals surface area contributed by atoms with Gasteiger partial charge < -0.3 is 9.32 Å². The third-order valence-electron chi connectivity index (χ3n) is 12.7. The van der Waals surface area contributed by atoms with E-state index in [0.29, 0.717) is 0 Å². The molecule has 2 heterocycles. The maximum Gasteiger partial charge on any atom is 0.136 e. The zero-order valence-corrected chi connectivity index (χ0v) is 34.1. The standard InChI is InChI=1S/C57H39NOS/c1-57(2)48-20-9-6-17-43(48)44-30-28-42(35-49(44)57)58(41-16-12-15-39(33-41)40-27-29-46-45-18-7-10-21-51(45)59-52(46)34-40)50-31-32-54-56(47-19-8-11-22-53(47)60-54)55(50)38-25-23-37(24-26-38)36-13-4-3-5-14-36/h3-35H,1-2H3. The molecule has 0 atom stereocenters. The van der Waals surface area contributed by atoms with Crippen LogP contribution in [0.1, 0.15) is 25.0 Å². The van der Waals surface area contributed by atoms with Crippen molar-refractivity contribution in [2.24, 2.45) is 0 Å². The second-order valence-electron chi connectivity index (χ2n) is 16.5. The molecule has 9 aromatic carbocycles. The largest absolute Gasteiger partial charge is 0.456 e. The Kier molecular flexibility index (Phi) is 7.79. The van der Waals surface area contributed by atoms with E-state index in [0.717, 1.165) is 50.1 Å². The Morgan fingerprint density at radius 3 is 1.95 bits per heavy atom. The predicted octanol–water partition coefficient (Wildman–Crippen LogP) is 16.7. The number of furan rings is 1. The second kappa shape index (κ2) is 13.4. The highest BCUT2D eigenvalue weighted by Crippen LogP contribution is 2.53. The molecule has 0 fully saturated rings. The number of anilines is 3. The molecule has 1 aliphatic carbocycles. The fraction of sp³-hybridized carbons (Fsp3) is 0.0526. The zero-order valence-electron chi connectivity index (χ0n) is 33.3. The first-order valence-corrected chi connectivity index (χ1v) is 21.5. The molecule has 0 aliphatic heterocycles. The van der Waals surface area contributed by atoms with Crippen LogP contribution in [0, 0.1) is 0 Å². The Hall–Kier alpha value is -7.20. The first-order valence-electron chi connectivity index (χ1n) is 20.7. The van der Waals surface area contributed by atoms with Crippen molar-refractivity contribution in [3.63, 3.8) is 0 Å². The van der Waals surface area contributed by atoms with Gasteiger partial charge in [-0.1, -0.05) is 153 Å². The quantitative estimate of drug-likeness (QED) is 0.167. The molecule has 0 unspecified atom stereocenters. The molecule has 0 saturated carbocycles. The van der Waals surface area contributed by atoms with Gasteiger partial charge >= 0.3 is 0 Å². The lowest BCUT2D eigenvalue weighted by molar-refractivity contribution is 0.660. The molecule has 0 saturated heterocycles. The fourth-order valence-corrected chi connectivity index (χ4v) is 10.8. The molecule has 0 radical (unpaired) electrons. The summed E-state index contributed by atoms with van der Waals surface area (Å²) in [7, 11) is 0. The van der Waals surface area contributed by atoms with Crippen molar-refractivity contribution >= 4 is 70.5 Å². The van der Waals surface area contributed by atoms with Crippen LogP contribution >= 0.6 is 11.3 Å². The number of rotatable bonds is 6. The minimum Gasteiger partial charge on any atom is -0.456 e. The van der Waals surface area contributed by atoms with Gasteiger partial charge in [0, 0.05) is 53.3 Å². The molecule has 1 aliphatic rings. The number of fused-ring (bicyclic) bond motifs is 9. The van der Waals surface area contributed by atoms with E-state index < -0.39 is 0 Å². The van der Waals surface area contributed by atoms with Crippen LogP contribution in [-0.4, -0.2) is 0 Å². The van der Waals surface area contributed by atoms with Crippen LogP contribution in [0.25, 0.3) is 86.6 Å². The van der Waals surface area contributed by atoms with Gasteiger partial charge in [-0.3, -0.25) is 0 Å². The third-order valence-corrected chi connectivity index (χ3v) is 13.8. The minimum absolute atomic E-state index is 0.152. The number of thiophene rings is 1. The van der Waals surface area contributed by atoms with Gasteiger partial charge in [0.1, 0.15) is 11.2 Å². The SMILES string of the molecule is CC1(C)c2ccccc2-c2ccc(N(c3cccc(-c4ccc5c(c4)oc4ccccc45)c3)c3ccc4sc5ccccc5c4c3-c3ccc(-c4ccccc4)cc3)cc21. The second-order valence-corrected chi connectivity index (χ2v) is 17.6. The monoisotopic (exact) mass is 785 g/mol. The van der Waals surface area contributed by atoms with Crippen LogP contribution in [0.5, 0.6) is 0 Å². The highest BCUT2D eigenvalue weighted by Gasteiger charge is 2.36. The molecule has 0 bridgehead atoms. The molecule has 284 valence electrons. The molecule has 12 rings (SSSR count). The van der Waals surface area contributed by atoms with Crippen LogP contribution in [0.3, 0.4) is 0 Å². The molecule has 60 heavy (non-hydrogen) atoms. The van der Waals surface area contributed by atoms with E-state index in [-0.39, 0.29) is 5.41 Å². The number of nitrogens with zero attached hydrogens (tertiary/aromatic N) is 1. The summed E-state index contributed by atoms with van der Waals surface area (Å²) in [6, 6.07) is 73.3. The molecule has 0 amide bonds. The summed E-state index contributed by atoms with van der Waals surface area (Å²) in [6.07, 6.45) is 0. The summed E-state index contributed by atoms with van der Waals surface area (Å²) >= 11 is 1.87. The summed E-state index contributed by atoms with van der Waals surface area (Å²) < 4.78 is 8.95. The van der Waals surface area contributed by atoms with Gasteiger partial charge in [0.25, 0.3) is 0 Å². The van der Waals surface area contributed by atoms with Crippen LogP contribution in [0.4, 0.5) is 17.1 Å². The Balaban J connectivity index is 1.10. The summed E-state index contributed by atoms with van der Waals surface area (Å²) in [5.41, 5.74) is 17.4. The lowest BCUT2D eigenvalue weighted by atomic mass is 9.82. The van der Waals surface area contributed by atoms with Gasteiger partial charge in [-0.2, -0.15) is 0 Å². The van der Waals surface area contributed by atoms with E-state index in [1.165, 1.54) is 64.7 Å². The number of benzene rings is 9. The van der Waals surface area contributed by atoms with E-state index in [1.807, 2.05) is 23.5 Å². The van der Waals surface area contributed by atoms with Crippen molar-refractivity contribution < 1.29 is 4.42 Å². The molecular weight excluding hydrogens is 747 g/mol. The fourth-order valence-electron chi connectivity index (χ4n) is 9.73. The van der Waals surface area contributed by atoms with Gasteiger partial charge in [0.15, 0.2) is 0 Å². The maximum absolute atomic E-state index is 6.38. The summed E-state index contributed by atoms with van der Waals surface area (Å²) in [6.45, 7) is 4.73. The maximum atomic E-state index is 6.38. The lowest BCUT2D eigenvalue weighted by Gasteiger charge is -2.30. The number of para-hydroxylation sites is 1. The third kappa shape index (κ3) is 5.40. The highest BCUT2D eigenvalue weighted by atomic mass is 32.1. The Morgan fingerprint density at radius 2 is 1.07 bits per heavy atom. The van der Waals surface area contributed by atoms with Gasteiger partial charge in [-0.25, -0.2) is 0 Å². The van der Waals surface area contributed by atoms with Gasteiger partial charge in [-0.05, 0) is 111 Å². The molecule has 2 nitrogen and oxygen atoms in total. The smallest absolute Gasteiger partial charge is 0.136 e. The number of hydrogen-bond acceptors (Lipinski definition) is 3. The Morgan fingerprint density at radius 1 is 0.417 bits per heavy atom. The van der Waals surface area contributed by atoms with Crippen molar-refractivity contribution in [1.82, 2.24) is 0 Å². The first kappa shape index (κ1) is 34.8. The van der Waals surface area contributed by atoms with Gasteiger partial charge in [-0.15, -0.1) is 11.3 Å². The van der Waals surface area contributed by atoms with Crippen molar-refractivity contribution in [2.75, 3.05) is 4.90 Å². The molecule has 0 spiro atoms. The summed E-state index contributed by atoms with van der Waals surface area (Å²) in [5.74, 6) is 0. The van der Waals surface area contributed by atoms with E-state index in [1.54, 1.807) is 0 Å². The van der Waals surface area contributed by atoms with E-state index in [2.05, 4.69) is 207 Å². The van der Waals surface area contributed by atoms with Crippen LogP contribution < -0.4 is 4.90 Å². The van der Waals surface area contributed by atoms with Crippen LogP contribution in [-0.2, 0) is 5.41 Å². The molecule has 3 heteroatoms. The molecular formula is C57H39NOS. The summed E-state index contributed by atoms with van der Waals surface area (Å²) in [5, 5.41) is 4.83. The van der Waals surface area contributed by atoms with E-state index in [9.17, 15) is 0 Å². The van der Waals surface area contributed by atoms with Crippen LogP contribution in [0.15, 0.2) is 205 Å². The van der Waals surface area contributed by atoms with Crippen molar-refractivity contribution in [1.29, 1.82) is 0 Å². The van der Waals surface area contributed by atoms with E-state index >= 15 is 0 Å². The van der Waals surface area contributed by atoms with Crippen molar-refractivity contribution in [3.8, 4) is 44.5 Å². The zero-order chi connectivity index (χ0) is 40.0. The predicted molar refractivity (Wildman–Crippen MR) is 255 cm³/mol. The Bertz CT molecular complexity index is 3460. The lowest BCUT2D eigenvalue weighted by Crippen LogP contribution is -2.17. The normalized spacial score (nSPS) is 13.0. The topological polar surface area (TPSA) is 16.4 Å². The first-order chi connectivity index (χ1) is 29.5.